The van der Waals surface area contributed by atoms with Crippen LogP contribution in [-0.2, 0) is 6.42 Å². The number of aromatic nitrogens is 4. The molecule has 3 rings (SSSR count). The molecule has 0 spiro atoms. The van der Waals surface area contributed by atoms with Crippen LogP contribution in [0.25, 0.3) is 0 Å². The molecule has 0 radical (unpaired) electrons. The van der Waals surface area contributed by atoms with E-state index in [1.165, 1.54) is 35.9 Å². The van der Waals surface area contributed by atoms with Crippen molar-refractivity contribution in [1.82, 2.24) is 20.2 Å². The Labute approximate surface area is 135 Å². The number of hydrogen-bond donors (Lipinski definition) is 1. The second-order valence-corrected chi connectivity index (χ2v) is 5.81. The van der Waals surface area contributed by atoms with Crippen molar-refractivity contribution in [2.75, 3.05) is 5.32 Å². The Morgan fingerprint density at radius 1 is 1.17 bits per heavy atom. The van der Waals surface area contributed by atoms with E-state index in [-0.39, 0.29) is 17.4 Å². The maximum absolute atomic E-state index is 12.9. The minimum Gasteiger partial charge on any atom is -0.295 e. The van der Waals surface area contributed by atoms with E-state index in [1.807, 2.05) is 0 Å². The normalized spacial score (nSPS) is 10.5. The van der Waals surface area contributed by atoms with Crippen LogP contribution in [0.3, 0.4) is 0 Å². The molecule has 0 saturated carbocycles. The first kappa shape index (κ1) is 15.2. The number of nitrogens with one attached hydrogen (secondary N) is 1. The molecule has 2 heterocycles. The fourth-order valence-corrected chi connectivity index (χ4v) is 2.71. The van der Waals surface area contributed by atoms with Crippen molar-refractivity contribution < 1.29 is 9.18 Å². The van der Waals surface area contributed by atoms with Crippen LogP contribution in [0.4, 0.5) is 9.52 Å². The van der Waals surface area contributed by atoms with Crippen LogP contribution in [0.15, 0.2) is 36.7 Å². The third kappa shape index (κ3) is 3.72. The first-order chi connectivity index (χ1) is 11.1. The zero-order chi connectivity index (χ0) is 16.2. The van der Waals surface area contributed by atoms with E-state index in [0.717, 1.165) is 10.6 Å². The zero-order valence-electron chi connectivity index (χ0n) is 12.2. The molecule has 8 heteroatoms. The van der Waals surface area contributed by atoms with Gasteiger partial charge in [0.1, 0.15) is 16.5 Å². The summed E-state index contributed by atoms with van der Waals surface area (Å²) in [5.41, 5.74) is 1.72. The summed E-state index contributed by atoms with van der Waals surface area (Å²) in [5.74, 6) is -0.654. The van der Waals surface area contributed by atoms with Crippen LogP contribution < -0.4 is 5.32 Å². The maximum Gasteiger partial charge on any atom is 0.277 e. The monoisotopic (exact) mass is 329 g/mol. The lowest BCUT2D eigenvalue weighted by atomic mass is 10.2. The average Bonchev–Trinajstić information content (AvgIpc) is 2.97. The highest BCUT2D eigenvalue weighted by Crippen LogP contribution is 2.19. The van der Waals surface area contributed by atoms with Crippen LogP contribution in [0.5, 0.6) is 0 Å². The molecule has 23 heavy (non-hydrogen) atoms. The molecule has 6 nitrogen and oxygen atoms in total. The zero-order valence-corrected chi connectivity index (χ0v) is 13.0. The summed E-state index contributed by atoms with van der Waals surface area (Å²) in [5, 5.41) is 11.7. The summed E-state index contributed by atoms with van der Waals surface area (Å²) in [4.78, 5) is 20.2. The number of halogens is 1. The lowest BCUT2D eigenvalue weighted by molar-refractivity contribution is 0.102. The Morgan fingerprint density at radius 3 is 2.65 bits per heavy atom. The van der Waals surface area contributed by atoms with Gasteiger partial charge >= 0.3 is 0 Å². The fourth-order valence-electron chi connectivity index (χ4n) is 1.94. The van der Waals surface area contributed by atoms with Gasteiger partial charge in [0.15, 0.2) is 0 Å². The molecule has 0 atom stereocenters. The largest absolute Gasteiger partial charge is 0.295 e. The summed E-state index contributed by atoms with van der Waals surface area (Å²) in [7, 11) is 0. The standard InChI is InChI=1S/C15H12FN5OS/c1-9-13(18-7-6-17-9)14(22)19-15-21-20-12(23-15)8-10-2-4-11(16)5-3-10/h2-7H,8H2,1H3,(H,19,21,22). The highest BCUT2D eigenvalue weighted by molar-refractivity contribution is 7.15. The van der Waals surface area contributed by atoms with Crippen molar-refractivity contribution in [1.29, 1.82) is 0 Å². The molecule has 1 amide bonds. The smallest absolute Gasteiger partial charge is 0.277 e. The maximum atomic E-state index is 12.9. The second-order valence-electron chi connectivity index (χ2n) is 4.75. The van der Waals surface area contributed by atoms with Gasteiger partial charge in [0.05, 0.1) is 5.69 Å². The molecule has 0 saturated heterocycles. The Morgan fingerprint density at radius 2 is 1.91 bits per heavy atom. The summed E-state index contributed by atoms with van der Waals surface area (Å²) in [6, 6.07) is 6.18. The van der Waals surface area contributed by atoms with E-state index >= 15 is 0 Å². The number of carbonyl (C=O) groups is 1. The molecule has 3 aromatic rings. The van der Waals surface area contributed by atoms with Gasteiger partial charge in [0, 0.05) is 18.8 Å². The first-order valence-corrected chi connectivity index (χ1v) is 7.59. The number of rotatable bonds is 4. The Bertz CT molecular complexity index is 834. The predicted molar refractivity (Wildman–Crippen MR) is 83.8 cm³/mol. The van der Waals surface area contributed by atoms with Gasteiger partial charge in [-0.3, -0.25) is 15.1 Å². The van der Waals surface area contributed by atoms with E-state index in [1.54, 1.807) is 19.1 Å². The highest BCUT2D eigenvalue weighted by atomic mass is 32.1. The summed E-state index contributed by atoms with van der Waals surface area (Å²) < 4.78 is 12.9. The van der Waals surface area contributed by atoms with Crippen molar-refractivity contribution in [2.24, 2.45) is 0 Å². The first-order valence-electron chi connectivity index (χ1n) is 6.77. The van der Waals surface area contributed by atoms with Crippen molar-refractivity contribution in [2.45, 2.75) is 13.3 Å². The Balaban J connectivity index is 1.69. The lowest BCUT2D eigenvalue weighted by Gasteiger charge is -2.02. The van der Waals surface area contributed by atoms with Gasteiger partial charge in [-0.05, 0) is 24.6 Å². The number of benzene rings is 1. The lowest BCUT2D eigenvalue weighted by Crippen LogP contribution is -2.15. The molecule has 1 N–H and O–H groups in total. The highest BCUT2D eigenvalue weighted by Gasteiger charge is 2.14. The van der Waals surface area contributed by atoms with Gasteiger partial charge in [-0.15, -0.1) is 10.2 Å². The number of hydrogen-bond acceptors (Lipinski definition) is 6. The van der Waals surface area contributed by atoms with Crippen molar-refractivity contribution >= 4 is 22.4 Å². The quantitative estimate of drug-likeness (QED) is 0.796. The van der Waals surface area contributed by atoms with E-state index < -0.39 is 0 Å². The number of aryl methyl sites for hydroxylation is 1. The Hall–Kier alpha value is -2.74. The molecule has 0 aliphatic carbocycles. The molecule has 0 fully saturated rings. The fraction of sp³-hybridized carbons (Fsp3) is 0.133. The van der Waals surface area contributed by atoms with Crippen LogP contribution >= 0.6 is 11.3 Å². The van der Waals surface area contributed by atoms with Gasteiger partial charge < -0.3 is 0 Å². The molecule has 0 unspecified atom stereocenters. The number of nitrogens with zero attached hydrogens (tertiary/aromatic N) is 4. The summed E-state index contributed by atoms with van der Waals surface area (Å²) in [6.45, 7) is 1.71. The van der Waals surface area contributed by atoms with Crippen molar-refractivity contribution in [3.8, 4) is 0 Å². The van der Waals surface area contributed by atoms with Crippen LogP contribution in [0.2, 0.25) is 0 Å². The van der Waals surface area contributed by atoms with Crippen molar-refractivity contribution in [3.63, 3.8) is 0 Å². The Kier molecular flexibility index (Phi) is 4.33. The molecular weight excluding hydrogens is 317 g/mol. The van der Waals surface area contributed by atoms with E-state index in [2.05, 4.69) is 25.5 Å². The van der Waals surface area contributed by atoms with E-state index in [9.17, 15) is 9.18 Å². The minimum atomic E-state index is -0.375. The van der Waals surface area contributed by atoms with Crippen LogP contribution in [0, 0.1) is 12.7 Å². The second kappa shape index (κ2) is 6.57. The number of carbonyl (C=O) groups excluding carboxylic acids is 1. The van der Waals surface area contributed by atoms with Gasteiger partial charge in [-0.1, -0.05) is 23.5 Å². The van der Waals surface area contributed by atoms with Gasteiger partial charge in [-0.25, -0.2) is 9.37 Å². The van der Waals surface area contributed by atoms with E-state index in [0.29, 0.717) is 17.2 Å². The molecule has 116 valence electrons. The van der Waals surface area contributed by atoms with Gasteiger partial charge in [0.2, 0.25) is 5.13 Å². The topological polar surface area (TPSA) is 80.7 Å². The van der Waals surface area contributed by atoms with Crippen LogP contribution in [0.1, 0.15) is 26.8 Å². The molecular formula is C15H12FN5OS. The molecule has 0 aliphatic heterocycles. The van der Waals surface area contributed by atoms with E-state index in [4.69, 9.17) is 0 Å². The molecule has 0 bridgehead atoms. The minimum absolute atomic E-state index is 0.253. The predicted octanol–water partition coefficient (Wildman–Crippen LogP) is 2.62. The SMILES string of the molecule is Cc1nccnc1C(=O)Nc1nnc(Cc2ccc(F)cc2)s1. The van der Waals surface area contributed by atoms with Crippen molar-refractivity contribution in [3.05, 3.63) is 64.4 Å². The molecule has 2 aromatic heterocycles. The molecule has 0 aliphatic rings. The summed E-state index contributed by atoms with van der Waals surface area (Å²) >= 11 is 1.26. The molecule has 1 aromatic carbocycles. The number of amides is 1. The van der Waals surface area contributed by atoms with Gasteiger partial charge in [0.25, 0.3) is 5.91 Å². The van der Waals surface area contributed by atoms with Gasteiger partial charge in [-0.2, -0.15) is 0 Å². The van der Waals surface area contributed by atoms with Crippen LogP contribution in [-0.4, -0.2) is 26.1 Å². The summed E-state index contributed by atoms with van der Waals surface area (Å²) in [6.07, 6.45) is 3.51. The number of anilines is 1. The average molecular weight is 329 g/mol. The third-order valence-electron chi connectivity index (χ3n) is 3.05. The third-order valence-corrected chi connectivity index (χ3v) is 3.89.